The van der Waals surface area contributed by atoms with Gasteiger partial charge in [-0.1, -0.05) is 38.1 Å². The quantitative estimate of drug-likeness (QED) is 0.133. The van der Waals surface area contributed by atoms with Crippen LogP contribution in [0.15, 0.2) is 71.1 Å². The van der Waals surface area contributed by atoms with E-state index in [1.807, 2.05) is 38.1 Å². The van der Waals surface area contributed by atoms with E-state index in [-0.39, 0.29) is 36.0 Å². The number of dihydropyridines is 1. The number of halogens is 3. The number of carbonyl (C=O) groups excluding carboxylic acids is 2. The SMILES string of the molecule is COC(=O)C1=C(C(F)(F)F)NC(C)=C(C(=O)OC(CNC(C)C)COc2ccc(CCC3CCCNC3)cc2)C1c1cccc([N+](=O)[O-])c1. The van der Waals surface area contributed by atoms with Gasteiger partial charge in [-0.2, -0.15) is 13.2 Å². The summed E-state index contributed by atoms with van der Waals surface area (Å²) in [6, 6.07) is 12.4. The summed E-state index contributed by atoms with van der Waals surface area (Å²) in [7, 11) is 0.906. The highest BCUT2D eigenvalue weighted by molar-refractivity contribution is 6.00. The minimum absolute atomic E-state index is 0.00188. The normalized spacial score (nSPS) is 18.9. The number of allylic oxidation sites excluding steroid dienone is 2. The molecule has 2 aromatic carbocycles. The van der Waals surface area contributed by atoms with Gasteiger partial charge in [0.2, 0.25) is 0 Å². The molecule has 1 saturated heterocycles. The second-order valence-electron chi connectivity index (χ2n) is 12.5. The van der Waals surface area contributed by atoms with Crippen molar-refractivity contribution >= 4 is 17.6 Å². The Morgan fingerprint density at radius 2 is 1.84 bits per heavy atom. The van der Waals surface area contributed by atoms with E-state index in [2.05, 4.69) is 16.0 Å². The average Bonchev–Trinajstić information content (AvgIpc) is 3.08. The lowest BCUT2D eigenvalue weighted by Gasteiger charge is -2.32. The molecule has 49 heavy (non-hydrogen) atoms. The van der Waals surface area contributed by atoms with Crippen LogP contribution in [0.4, 0.5) is 18.9 Å². The Labute approximate surface area is 283 Å². The predicted molar refractivity (Wildman–Crippen MR) is 176 cm³/mol. The van der Waals surface area contributed by atoms with Crippen LogP contribution in [-0.4, -0.2) is 68.5 Å². The fourth-order valence-electron chi connectivity index (χ4n) is 6.00. The fourth-order valence-corrected chi connectivity index (χ4v) is 6.00. The zero-order valence-electron chi connectivity index (χ0n) is 28.0. The topological polar surface area (TPSA) is 141 Å². The smallest absolute Gasteiger partial charge is 0.431 e. The first kappa shape index (κ1) is 37.4. The number of methoxy groups -OCH3 is 1. The van der Waals surface area contributed by atoms with Crippen molar-refractivity contribution < 1.29 is 41.9 Å². The monoisotopic (exact) mass is 688 g/mol. The Morgan fingerprint density at radius 1 is 1.10 bits per heavy atom. The molecule has 3 unspecified atom stereocenters. The second-order valence-corrected chi connectivity index (χ2v) is 12.5. The number of piperidine rings is 1. The molecule has 0 bridgehead atoms. The van der Waals surface area contributed by atoms with Gasteiger partial charge in [0.15, 0.2) is 0 Å². The van der Waals surface area contributed by atoms with Crippen LogP contribution in [0, 0.1) is 16.0 Å². The van der Waals surface area contributed by atoms with Gasteiger partial charge in [-0.3, -0.25) is 10.1 Å². The van der Waals surface area contributed by atoms with E-state index < -0.39 is 52.0 Å². The van der Waals surface area contributed by atoms with Gasteiger partial charge in [-0.15, -0.1) is 0 Å². The van der Waals surface area contributed by atoms with E-state index >= 15 is 0 Å². The Hall–Kier alpha value is -4.43. The summed E-state index contributed by atoms with van der Waals surface area (Å²) in [4.78, 5) is 37.7. The van der Waals surface area contributed by atoms with Gasteiger partial charge in [0.25, 0.3) is 5.69 Å². The number of hydrogen-bond donors (Lipinski definition) is 3. The van der Waals surface area contributed by atoms with Crippen LogP contribution in [-0.2, 0) is 25.5 Å². The standard InChI is InChI=1S/C35H43F3N4O7/c1-21(2)40-19-28(20-48-27-14-12-23(13-15-27)10-11-24-7-6-16-39-18-24)49-34(44)29-22(3)41-32(35(36,37)38)31(33(43)47-4)30(29)25-8-5-9-26(17-25)42(45)46/h5,8-9,12-15,17,21,24,28,30,39-41H,6-7,10-11,16,18-20H2,1-4H3. The van der Waals surface area contributed by atoms with E-state index in [9.17, 15) is 32.9 Å². The van der Waals surface area contributed by atoms with Gasteiger partial charge in [0.1, 0.15) is 24.2 Å². The molecule has 4 rings (SSSR count). The highest BCUT2D eigenvalue weighted by atomic mass is 19.4. The van der Waals surface area contributed by atoms with Gasteiger partial charge in [-0.25, -0.2) is 9.59 Å². The maximum Gasteiger partial charge on any atom is 0.431 e. The summed E-state index contributed by atoms with van der Waals surface area (Å²) in [5.41, 5.74) is -2.31. The number of nitro groups is 1. The molecule has 2 aliphatic heterocycles. The molecule has 1 fully saturated rings. The lowest BCUT2D eigenvalue weighted by atomic mass is 9.80. The van der Waals surface area contributed by atoms with Gasteiger partial charge in [0.05, 0.1) is 29.1 Å². The summed E-state index contributed by atoms with van der Waals surface area (Å²) in [6.45, 7) is 7.19. The Bertz CT molecular complexity index is 1550. The molecule has 14 heteroatoms. The maximum absolute atomic E-state index is 14.3. The van der Waals surface area contributed by atoms with Crippen LogP contribution in [0.3, 0.4) is 0 Å². The summed E-state index contributed by atoms with van der Waals surface area (Å²) in [5, 5.41) is 20.3. The largest absolute Gasteiger partial charge is 0.490 e. The maximum atomic E-state index is 14.3. The van der Waals surface area contributed by atoms with Gasteiger partial charge < -0.3 is 30.2 Å². The Kier molecular flexibility index (Phi) is 12.8. The van der Waals surface area contributed by atoms with Crippen molar-refractivity contribution in [2.24, 2.45) is 5.92 Å². The second kappa shape index (κ2) is 16.8. The lowest BCUT2D eigenvalue weighted by molar-refractivity contribution is -0.384. The van der Waals surface area contributed by atoms with Crippen LogP contribution in [0.25, 0.3) is 0 Å². The minimum atomic E-state index is -5.06. The number of rotatable bonds is 14. The number of carbonyl (C=O) groups is 2. The Balaban J connectivity index is 1.58. The van der Waals surface area contributed by atoms with Crippen molar-refractivity contribution in [3.05, 3.63) is 92.3 Å². The van der Waals surface area contributed by atoms with E-state index in [4.69, 9.17) is 14.2 Å². The Morgan fingerprint density at radius 3 is 2.45 bits per heavy atom. The number of non-ortho nitro benzene ring substituents is 1. The number of nitrogens with one attached hydrogen (secondary N) is 3. The zero-order chi connectivity index (χ0) is 35.7. The molecular formula is C35H43F3N4O7. The molecule has 3 atom stereocenters. The first-order chi connectivity index (χ1) is 23.3. The van der Waals surface area contributed by atoms with Gasteiger partial charge in [-0.05, 0) is 74.9 Å². The van der Waals surface area contributed by atoms with Crippen molar-refractivity contribution in [3.63, 3.8) is 0 Å². The number of nitro benzene ring substituents is 1. The number of ether oxygens (including phenoxy) is 3. The third-order valence-corrected chi connectivity index (χ3v) is 8.51. The fraction of sp³-hybridized carbons (Fsp3) is 0.486. The van der Waals surface area contributed by atoms with Crippen molar-refractivity contribution in [2.45, 2.75) is 70.7 Å². The van der Waals surface area contributed by atoms with Crippen molar-refractivity contribution in [1.29, 1.82) is 0 Å². The lowest BCUT2D eigenvalue weighted by Crippen LogP contribution is -2.41. The van der Waals surface area contributed by atoms with E-state index in [0.717, 1.165) is 45.2 Å². The van der Waals surface area contributed by atoms with Crippen LogP contribution in [0.5, 0.6) is 5.75 Å². The van der Waals surface area contributed by atoms with Gasteiger partial charge in [0, 0.05) is 30.4 Å². The number of hydrogen-bond acceptors (Lipinski definition) is 10. The summed E-state index contributed by atoms with van der Waals surface area (Å²) in [5.74, 6) is -2.90. The molecule has 2 aromatic rings. The number of alkyl halides is 3. The van der Waals surface area contributed by atoms with Crippen molar-refractivity contribution in [2.75, 3.05) is 33.4 Å². The highest BCUT2D eigenvalue weighted by Crippen LogP contribution is 2.44. The molecule has 2 aliphatic rings. The predicted octanol–water partition coefficient (Wildman–Crippen LogP) is 5.47. The third-order valence-electron chi connectivity index (χ3n) is 8.51. The van der Waals surface area contributed by atoms with E-state index in [1.54, 1.807) is 0 Å². The van der Waals surface area contributed by atoms with Crippen LogP contribution in [0.2, 0.25) is 0 Å². The molecule has 2 heterocycles. The summed E-state index contributed by atoms with van der Waals surface area (Å²) >= 11 is 0. The first-order valence-corrected chi connectivity index (χ1v) is 16.3. The molecule has 0 aliphatic carbocycles. The molecule has 0 spiro atoms. The minimum Gasteiger partial charge on any atom is -0.490 e. The van der Waals surface area contributed by atoms with Crippen LogP contribution >= 0.6 is 0 Å². The number of esters is 2. The van der Waals surface area contributed by atoms with Crippen LogP contribution < -0.4 is 20.7 Å². The number of nitrogens with zero attached hydrogens (tertiary/aromatic N) is 1. The average molecular weight is 689 g/mol. The van der Waals surface area contributed by atoms with Gasteiger partial charge >= 0.3 is 18.1 Å². The van der Waals surface area contributed by atoms with Crippen molar-refractivity contribution in [1.82, 2.24) is 16.0 Å². The molecule has 0 aromatic heterocycles. The molecule has 266 valence electrons. The first-order valence-electron chi connectivity index (χ1n) is 16.3. The molecule has 0 saturated carbocycles. The molecule has 0 radical (unpaired) electrons. The zero-order valence-corrected chi connectivity index (χ0v) is 28.0. The van der Waals surface area contributed by atoms with E-state index in [1.165, 1.54) is 37.5 Å². The summed E-state index contributed by atoms with van der Waals surface area (Å²) < 4.78 is 59.4. The van der Waals surface area contributed by atoms with Crippen molar-refractivity contribution in [3.8, 4) is 5.75 Å². The highest BCUT2D eigenvalue weighted by Gasteiger charge is 2.48. The molecule has 3 N–H and O–H groups in total. The molecular weight excluding hydrogens is 645 g/mol. The third kappa shape index (κ3) is 10.0. The molecule has 0 amide bonds. The van der Waals surface area contributed by atoms with E-state index in [0.29, 0.717) is 11.7 Å². The molecule has 11 nitrogen and oxygen atoms in total. The van der Waals surface area contributed by atoms with Crippen LogP contribution in [0.1, 0.15) is 57.1 Å². The number of aryl methyl sites for hydroxylation is 1. The number of benzene rings is 2. The summed E-state index contributed by atoms with van der Waals surface area (Å²) in [6.07, 6.45) is -1.52.